The number of carbonyl (C=O) groups excluding carboxylic acids is 2. The number of nitrogens with zero attached hydrogens (tertiary/aromatic N) is 2. The van der Waals surface area contributed by atoms with Crippen LogP contribution in [0.25, 0.3) is 0 Å². The van der Waals surface area contributed by atoms with Gasteiger partial charge in [0.05, 0.1) is 11.9 Å². The number of benzene rings is 2. The van der Waals surface area contributed by atoms with Gasteiger partial charge in [-0.05, 0) is 62.8 Å². The highest BCUT2D eigenvalue weighted by Crippen LogP contribution is 2.25. The Labute approximate surface area is 215 Å². The van der Waals surface area contributed by atoms with E-state index in [1.807, 2.05) is 62.4 Å². The largest absolute Gasteiger partial charge is 0.352 e. The zero-order valence-corrected chi connectivity index (χ0v) is 22.7. The number of aryl methyl sites for hydroxylation is 2. The number of hydrogen-bond acceptors (Lipinski definition) is 4. The minimum absolute atomic E-state index is 0.140. The van der Waals surface area contributed by atoms with Crippen LogP contribution in [0.2, 0.25) is 0 Å². The first-order valence-corrected chi connectivity index (χ1v) is 14.6. The first-order chi connectivity index (χ1) is 17.1. The van der Waals surface area contributed by atoms with E-state index in [1.165, 1.54) is 10.6 Å². The Morgan fingerprint density at radius 2 is 1.72 bits per heavy atom. The average Bonchev–Trinajstić information content (AvgIpc) is 3.34. The molecule has 0 saturated heterocycles. The van der Waals surface area contributed by atoms with Crippen molar-refractivity contribution >= 4 is 27.5 Å². The second kappa shape index (κ2) is 12.4. The first-order valence-electron chi connectivity index (χ1n) is 12.7. The maximum absolute atomic E-state index is 13.4. The molecule has 2 aromatic carbocycles. The third-order valence-electron chi connectivity index (χ3n) is 6.85. The summed E-state index contributed by atoms with van der Waals surface area (Å²) in [5.74, 6) is -0.304. The number of rotatable bonds is 11. The summed E-state index contributed by atoms with van der Waals surface area (Å²) >= 11 is 0. The van der Waals surface area contributed by atoms with E-state index in [-0.39, 0.29) is 30.8 Å². The standard InChI is InChI=1S/C28H39N3O4S/c1-21-16-17-22(2)26(19-21)31(36(4,34)35)18-10-15-27(32)30(20-24-11-6-5-7-12-24)23(3)28(33)29-25-13-8-9-14-25/h5-7,11-12,16-17,19,23,25H,8-10,13-15,18,20H2,1-4H3,(H,29,33)/t23-/m1/s1. The van der Waals surface area contributed by atoms with Gasteiger partial charge < -0.3 is 10.2 Å². The van der Waals surface area contributed by atoms with Crippen molar-refractivity contribution in [2.45, 2.75) is 77.9 Å². The minimum atomic E-state index is -3.52. The predicted octanol–water partition coefficient (Wildman–Crippen LogP) is 4.33. The maximum atomic E-state index is 13.4. The summed E-state index contributed by atoms with van der Waals surface area (Å²) in [4.78, 5) is 28.0. The molecule has 1 fully saturated rings. The second-order valence-electron chi connectivity index (χ2n) is 9.90. The zero-order chi connectivity index (χ0) is 26.3. The number of anilines is 1. The summed E-state index contributed by atoms with van der Waals surface area (Å²) < 4.78 is 26.5. The summed E-state index contributed by atoms with van der Waals surface area (Å²) in [6.45, 7) is 6.09. The molecule has 7 nitrogen and oxygen atoms in total. The molecule has 0 unspecified atom stereocenters. The van der Waals surface area contributed by atoms with Gasteiger partial charge in [0.2, 0.25) is 21.8 Å². The van der Waals surface area contributed by atoms with Gasteiger partial charge in [-0.15, -0.1) is 0 Å². The van der Waals surface area contributed by atoms with Crippen molar-refractivity contribution < 1.29 is 18.0 Å². The van der Waals surface area contributed by atoms with E-state index < -0.39 is 16.1 Å². The minimum Gasteiger partial charge on any atom is -0.352 e. The Morgan fingerprint density at radius 1 is 1.06 bits per heavy atom. The smallest absolute Gasteiger partial charge is 0.242 e. The molecule has 2 amide bonds. The highest BCUT2D eigenvalue weighted by molar-refractivity contribution is 7.92. The van der Waals surface area contributed by atoms with Crippen LogP contribution in [0.5, 0.6) is 0 Å². The van der Waals surface area contributed by atoms with E-state index in [2.05, 4.69) is 5.32 Å². The van der Waals surface area contributed by atoms with Crippen LogP contribution < -0.4 is 9.62 Å². The van der Waals surface area contributed by atoms with Gasteiger partial charge in [0.25, 0.3) is 0 Å². The Balaban J connectivity index is 1.72. The van der Waals surface area contributed by atoms with Crippen molar-refractivity contribution in [1.82, 2.24) is 10.2 Å². The Hall–Kier alpha value is -2.87. The highest BCUT2D eigenvalue weighted by atomic mass is 32.2. The van der Waals surface area contributed by atoms with Gasteiger partial charge in [0.15, 0.2) is 0 Å². The van der Waals surface area contributed by atoms with Crippen LogP contribution in [0.1, 0.15) is 62.1 Å². The van der Waals surface area contributed by atoms with Gasteiger partial charge in [-0.3, -0.25) is 13.9 Å². The van der Waals surface area contributed by atoms with Crippen molar-refractivity contribution in [3.05, 3.63) is 65.2 Å². The first kappa shape index (κ1) is 27.7. The molecule has 0 heterocycles. The van der Waals surface area contributed by atoms with Crippen LogP contribution in [-0.4, -0.2) is 50.0 Å². The summed E-state index contributed by atoms with van der Waals surface area (Å²) in [5.41, 5.74) is 3.41. The Morgan fingerprint density at radius 3 is 2.36 bits per heavy atom. The molecule has 2 aromatic rings. The van der Waals surface area contributed by atoms with Gasteiger partial charge in [-0.25, -0.2) is 8.42 Å². The van der Waals surface area contributed by atoms with Gasteiger partial charge >= 0.3 is 0 Å². The third kappa shape index (κ3) is 7.56. The molecule has 196 valence electrons. The van der Waals surface area contributed by atoms with Crippen LogP contribution in [0.15, 0.2) is 48.5 Å². The van der Waals surface area contributed by atoms with Crippen molar-refractivity contribution in [1.29, 1.82) is 0 Å². The van der Waals surface area contributed by atoms with Crippen LogP contribution in [0, 0.1) is 13.8 Å². The molecule has 3 rings (SSSR count). The van der Waals surface area contributed by atoms with E-state index in [0.717, 1.165) is 42.4 Å². The fraction of sp³-hybridized carbons (Fsp3) is 0.500. The molecular weight excluding hydrogens is 474 g/mol. The maximum Gasteiger partial charge on any atom is 0.242 e. The molecule has 1 N–H and O–H groups in total. The molecule has 36 heavy (non-hydrogen) atoms. The number of carbonyl (C=O) groups is 2. The lowest BCUT2D eigenvalue weighted by atomic mass is 10.1. The van der Waals surface area contributed by atoms with Gasteiger partial charge in [-0.1, -0.05) is 55.3 Å². The summed E-state index contributed by atoms with van der Waals surface area (Å²) in [5, 5.41) is 3.11. The molecule has 0 aromatic heterocycles. The number of nitrogens with one attached hydrogen (secondary N) is 1. The quantitative estimate of drug-likeness (QED) is 0.485. The number of sulfonamides is 1. The highest BCUT2D eigenvalue weighted by Gasteiger charge is 2.28. The molecule has 0 spiro atoms. The Kier molecular flexibility index (Phi) is 9.54. The Bertz CT molecular complexity index is 1140. The van der Waals surface area contributed by atoms with Crippen molar-refractivity contribution in [3.63, 3.8) is 0 Å². The van der Waals surface area contributed by atoms with Crippen LogP contribution in [0.4, 0.5) is 5.69 Å². The van der Waals surface area contributed by atoms with Gasteiger partial charge in [0.1, 0.15) is 6.04 Å². The number of hydrogen-bond donors (Lipinski definition) is 1. The van der Waals surface area contributed by atoms with Crippen molar-refractivity contribution in [2.24, 2.45) is 0 Å². The monoisotopic (exact) mass is 513 g/mol. The average molecular weight is 514 g/mol. The fourth-order valence-electron chi connectivity index (χ4n) is 4.73. The topological polar surface area (TPSA) is 86.8 Å². The lowest BCUT2D eigenvalue weighted by Crippen LogP contribution is -2.49. The lowest BCUT2D eigenvalue weighted by molar-refractivity contribution is -0.141. The van der Waals surface area contributed by atoms with Crippen molar-refractivity contribution in [3.8, 4) is 0 Å². The van der Waals surface area contributed by atoms with Crippen LogP contribution in [-0.2, 0) is 26.2 Å². The fourth-order valence-corrected chi connectivity index (χ4v) is 5.74. The second-order valence-corrected chi connectivity index (χ2v) is 11.8. The third-order valence-corrected chi connectivity index (χ3v) is 8.03. The molecule has 1 saturated carbocycles. The molecule has 1 aliphatic carbocycles. The summed E-state index contributed by atoms with van der Waals surface area (Å²) in [7, 11) is -3.52. The van der Waals surface area contributed by atoms with E-state index in [0.29, 0.717) is 18.7 Å². The van der Waals surface area contributed by atoms with E-state index >= 15 is 0 Å². The van der Waals surface area contributed by atoms with E-state index in [4.69, 9.17) is 0 Å². The predicted molar refractivity (Wildman–Crippen MR) is 144 cm³/mol. The lowest BCUT2D eigenvalue weighted by Gasteiger charge is -2.30. The summed E-state index contributed by atoms with van der Waals surface area (Å²) in [6.07, 6.45) is 5.86. The molecule has 0 radical (unpaired) electrons. The van der Waals surface area contributed by atoms with Crippen LogP contribution >= 0.6 is 0 Å². The van der Waals surface area contributed by atoms with Gasteiger partial charge in [-0.2, -0.15) is 0 Å². The molecular formula is C28H39N3O4S. The van der Waals surface area contributed by atoms with Crippen LogP contribution in [0.3, 0.4) is 0 Å². The van der Waals surface area contributed by atoms with E-state index in [1.54, 1.807) is 11.8 Å². The molecule has 0 bridgehead atoms. The molecule has 1 aliphatic rings. The van der Waals surface area contributed by atoms with E-state index in [9.17, 15) is 18.0 Å². The van der Waals surface area contributed by atoms with Gasteiger partial charge in [0, 0.05) is 25.6 Å². The normalized spacial score (nSPS) is 14.9. The molecule has 8 heteroatoms. The molecule has 1 atom stereocenters. The summed E-state index contributed by atoms with van der Waals surface area (Å²) in [6, 6.07) is 14.9. The zero-order valence-electron chi connectivity index (χ0n) is 21.9. The molecule has 0 aliphatic heterocycles. The SMILES string of the molecule is Cc1ccc(C)c(N(CCCC(=O)N(Cc2ccccc2)[C@H](C)C(=O)NC2CCCC2)S(C)(=O)=O)c1. The van der Waals surface area contributed by atoms with Crippen molar-refractivity contribution in [2.75, 3.05) is 17.1 Å². The number of amides is 2.